The van der Waals surface area contributed by atoms with E-state index in [4.69, 9.17) is 26.8 Å². The Morgan fingerprint density at radius 3 is 2.79 bits per heavy atom. The zero-order valence-corrected chi connectivity index (χ0v) is 22.4. The number of rotatable bonds is 10. The monoisotopic (exact) mass is 554 g/mol. The zero-order chi connectivity index (χ0) is 27.4. The van der Waals surface area contributed by atoms with Gasteiger partial charge in [0.1, 0.15) is 22.8 Å². The van der Waals surface area contributed by atoms with Crippen LogP contribution in [-0.4, -0.2) is 81.3 Å². The highest BCUT2D eigenvalue weighted by Gasteiger charge is 2.48. The largest absolute Gasteiger partial charge is 0.454 e. The van der Waals surface area contributed by atoms with Gasteiger partial charge >= 0.3 is 0 Å². The van der Waals surface area contributed by atoms with Crippen molar-refractivity contribution < 1.29 is 19.1 Å². The lowest BCUT2D eigenvalue weighted by Gasteiger charge is -2.49. The summed E-state index contributed by atoms with van der Waals surface area (Å²) < 4.78 is 12.4. The Morgan fingerprint density at radius 1 is 1.18 bits per heavy atom. The second kappa shape index (κ2) is 11.5. The summed E-state index contributed by atoms with van der Waals surface area (Å²) in [5, 5.41) is 3.21. The standard InChI is InChI=1S/C26H31ClN8O4/c1-2-8-35-11-10-33(22-13-21(27)31-25(32-22)34-9-7-29-16-34)15-26(35,24(28)37)14-23(36)30-6-5-18-3-4-19-20(12-18)39-17-38-19/h3-4,7,9,12-13,16H,2,5-6,8,10-11,14-15,17H2,1H3,(H2,28,37)(H,30,36). The van der Waals surface area contributed by atoms with Crippen molar-refractivity contribution in [3.63, 3.8) is 0 Å². The molecule has 39 heavy (non-hydrogen) atoms. The summed E-state index contributed by atoms with van der Waals surface area (Å²) >= 11 is 6.33. The number of nitrogens with one attached hydrogen (secondary N) is 1. The van der Waals surface area contributed by atoms with Crippen molar-refractivity contribution in [3.05, 3.63) is 53.7 Å². The fraction of sp³-hybridized carbons (Fsp3) is 0.423. The lowest BCUT2D eigenvalue weighted by Crippen LogP contribution is -2.69. The smallest absolute Gasteiger partial charge is 0.240 e. The maximum atomic E-state index is 13.2. The number of benzene rings is 1. The van der Waals surface area contributed by atoms with E-state index in [-0.39, 0.29) is 30.8 Å². The number of nitrogens with two attached hydrogens (primary N) is 1. The van der Waals surface area contributed by atoms with Crippen molar-refractivity contribution >= 4 is 29.2 Å². The Hall–Kier alpha value is -3.90. The minimum Gasteiger partial charge on any atom is -0.454 e. The molecule has 206 valence electrons. The number of carbonyl (C=O) groups is 2. The molecule has 2 aromatic heterocycles. The van der Waals surface area contributed by atoms with Crippen LogP contribution in [0.1, 0.15) is 25.3 Å². The third-order valence-electron chi connectivity index (χ3n) is 7.00. The number of hydrogen-bond acceptors (Lipinski definition) is 9. The second-order valence-electron chi connectivity index (χ2n) is 9.59. The van der Waals surface area contributed by atoms with Gasteiger partial charge in [-0.05, 0) is 37.1 Å². The summed E-state index contributed by atoms with van der Waals surface area (Å²) in [6.45, 7) is 4.58. The highest BCUT2D eigenvalue weighted by Crippen LogP contribution is 2.33. The lowest BCUT2D eigenvalue weighted by molar-refractivity contribution is -0.137. The van der Waals surface area contributed by atoms with Gasteiger partial charge in [0.2, 0.25) is 24.6 Å². The Balaban J connectivity index is 1.31. The zero-order valence-electron chi connectivity index (χ0n) is 21.7. The summed E-state index contributed by atoms with van der Waals surface area (Å²) in [6.07, 6.45) is 6.26. The molecule has 0 spiro atoms. The van der Waals surface area contributed by atoms with Crippen molar-refractivity contribution in [2.24, 2.45) is 5.73 Å². The predicted octanol–water partition coefficient (Wildman–Crippen LogP) is 1.55. The van der Waals surface area contributed by atoms with Gasteiger partial charge in [-0.3, -0.25) is 19.1 Å². The van der Waals surface area contributed by atoms with Crippen LogP contribution in [0.2, 0.25) is 5.15 Å². The number of anilines is 1. The molecule has 3 N–H and O–H groups in total. The molecular formula is C26H31ClN8O4. The summed E-state index contributed by atoms with van der Waals surface area (Å²) in [4.78, 5) is 43.2. The van der Waals surface area contributed by atoms with Gasteiger partial charge in [-0.25, -0.2) is 9.97 Å². The molecule has 0 bridgehead atoms. The summed E-state index contributed by atoms with van der Waals surface area (Å²) in [6, 6.07) is 7.36. The molecule has 1 atom stereocenters. The first-order chi connectivity index (χ1) is 18.9. The van der Waals surface area contributed by atoms with E-state index in [1.165, 1.54) is 0 Å². The van der Waals surface area contributed by atoms with E-state index < -0.39 is 11.4 Å². The predicted molar refractivity (Wildman–Crippen MR) is 144 cm³/mol. The van der Waals surface area contributed by atoms with Crippen LogP contribution in [0.5, 0.6) is 11.5 Å². The Bertz CT molecular complexity index is 1340. The molecule has 0 aliphatic carbocycles. The first kappa shape index (κ1) is 26.7. The first-order valence-corrected chi connectivity index (χ1v) is 13.2. The lowest BCUT2D eigenvalue weighted by atomic mass is 9.88. The van der Waals surface area contributed by atoms with Gasteiger partial charge < -0.3 is 25.4 Å². The van der Waals surface area contributed by atoms with Gasteiger partial charge in [-0.2, -0.15) is 4.98 Å². The van der Waals surface area contributed by atoms with E-state index in [0.717, 1.165) is 12.0 Å². The molecule has 2 amide bonds. The second-order valence-corrected chi connectivity index (χ2v) is 9.97. The van der Waals surface area contributed by atoms with Crippen LogP contribution < -0.4 is 25.4 Å². The van der Waals surface area contributed by atoms with Crippen LogP contribution in [0.15, 0.2) is 43.0 Å². The number of halogens is 1. The number of nitrogens with zero attached hydrogens (tertiary/aromatic N) is 6. The number of primary amides is 1. The number of amides is 2. The Morgan fingerprint density at radius 2 is 2.03 bits per heavy atom. The molecule has 1 unspecified atom stereocenters. The van der Waals surface area contributed by atoms with Crippen LogP contribution in [0.3, 0.4) is 0 Å². The van der Waals surface area contributed by atoms with E-state index in [2.05, 4.69) is 20.3 Å². The molecule has 3 aromatic rings. The molecule has 1 fully saturated rings. The van der Waals surface area contributed by atoms with Crippen LogP contribution in [0, 0.1) is 0 Å². The molecule has 2 aliphatic rings. The topological polar surface area (TPSA) is 141 Å². The van der Waals surface area contributed by atoms with Gasteiger partial charge in [0.05, 0.1) is 6.42 Å². The molecule has 12 nitrogen and oxygen atoms in total. The number of ether oxygens (including phenoxy) is 2. The van der Waals surface area contributed by atoms with Crippen molar-refractivity contribution in [1.82, 2.24) is 29.7 Å². The summed E-state index contributed by atoms with van der Waals surface area (Å²) in [7, 11) is 0. The van der Waals surface area contributed by atoms with Crippen LogP contribution in [0.4, 0.5) is 5.82 Å². The quantitative estimate of drug-likeness (QED) is 0.357. The highest BCUT2D eigenvalue weighted by molar-refractivity contribution is 6.29. The number of piperazine rings is 1. The van der Waals surface area contributed by atoms with E-state index in [9.17, 15) is 9.59 Å². The summed E-state index contributed by atoms with van der Waals surface area (Å²) in [5.74, 6) is 1.51. The third-order valence-corrected chi connectivity index (χ3v) is 7.20. The minimum absolute atomic E-state index is 0.0762. The molecule has 1 aromatic carbocycles. The van der Waals surface area contributed by atoms with Crippen molar-refractivity contribution in [2.75, 3.05) is 44.4 Å². The SMILES string of the molecule is CCCN1CCN(c2cc(Cl)nc(-n3ccnc3)n2)CC1(CC(=O)NCCc1ccc2c(c1)OCO2)C(N)=O. The van der Waals surface area contributed by atoms with E-state index in [1.54, 1.807) is 29.4 Å². The number of hydrogen-bond donors (Lipinski definition) is 2. The van der Waals surface area contributed by atoms with Crippen LogP contribution in [-0.2, 0) is 16.0 Å². The van der Waals surface area contributed by atoms with Crippen molar-refractivity contribution in [3.8, 4) is 17.4 Å². The fourth-order valence-electron chi connectivity index (χ4n) is 5.05. The Labute approximate surface area is 231 Å². The highest BCUT2D eigenvalue weighted by atomic mass is 35.5. The number of carbonyl (C=O) groups excluding carboxylic acids is 2. The molecule has 0 saturated carbocycles. The summed E-state index contributed by atoms with van der Waals surface area (Å²) in [5.41, 5.74) is 5.83. The third kappa shape index (κ3) is 5.76. The molecule has 1 saturated heterocycles. The van der Waals surface area contributed by atoms with Gasteiger partial charge in [0.25, 0.3) is 0 Å². The number of aromatic nitrogens is 4. The maximum absolute atomic E-state index is 13.2. The van der Waals surface area contributed by atoms with Crippen LogP contribution in [0.25, 0.3) is 5.95 Å². The van der Waals surface area contributed by atoms with Crippen molar-refractivity contribution in [1.29, 1.82) is 0 Å². The van der Waals surface area contributed by atoms with Gasteiger partial charge in [-0.1, -0.05) is 24.6 Å². The molecular weight excluding hydrogens is 524 g/mol. The van der Waals surface area contributed by atoms with Gasteiger partial charge in [0.15, 0.2) is 11.5 Å². The van der Waals surface area contributed by atoms with Gasteiger partial charge in [-0.15, -0.1) is 0 Å². The molecule has 13 heteroatoms. The van der Waals surface area contributed by atoms with E-state index in [0.29, 0.717) is 55.9 Å². The maximum Gasteiger partial charge on any atom is 0.240 e. The van der Waals surface area contributed by atoms with Gasteiger partial charge in [0, 0.05) is 44.6 Å². The van der Waals surface area contributed by atoms with Crippen LogP contribution >= 0.6 is 11.6 Å². The minimum atomic E-state index is -1.22. The molecule has 5 rings (SSSR count). The first-order valence-electron chi connectivity index (χ1n) is 12.9. The Kier molecular flexibility index (Phi) is 7.84. The van der Waals surface area contributed by atoms with E-state index in [1.807, 2.05) is 34.9 Å². The average Bonchev–Trinajstić information content (AvgIpc) is 3.62. The fourth-order valence-corrected chi connectivity index (χ4v) is 5.22. The van der Waals surface area contributed by atoms with Crippen molar-refractivity contribution in [2.45, 2.75) is 31.7 Å². The number of imidazole rings is 1. The normalized spacial score (nSPS) is 18.8. The average molecular weight is 555 g/mol. The molecule has 0 radical (unpaired) electrons. The number of fused-ring (bicyclic) bond motifs is 1. The molecule has 2 aliphatic heterocycles. The van der Waals surface area contributed by atoms with E-state index >= 15 is 0 Å². The molecule has 4 heterocycles.